The monoisotopic (exact) mass is 514 g/mol. The molecule has 198 valence electrons. The maximum absolute atomic E-state index is 11.3. The summed E-state index contributed by atoms with van der Waals surface area (Å²) in [4.78, 5) is 0. The minimum Gasteiger partial charge on any atom is -0.394 e. The van der Waals surface area contributed by atoms with Crippen LogP contribution in [-0.2, 0) is 57.6 Å². The van der Waals surface area contributed by atoms with Crippen LogP contribution in [0.4, 0.5) is 0 Å². The van der Waals surface area contributed by atoms with E-state index >= 15 is 0 Å². The molecule has 11 atom stereocenters. The second kappa shape index (κ2) is 10.2. The molecule has 13 nitrogen and oxygen atoms in total. The van der Waals surface area contributed by atoms with Crippen LogP contribution in [0.5, 0.6) is 0 Å². The standard InChI is InChI=1S/C10H16O7S.C10H18O6/c1-10(2)15-7-6-5(4-13-18(11)17-6)14-9(12-3)8(7)16-10;1-10(2)15-7-6(12)5(4-11)14-9(13-3)8(7)16-10/h5-9H,4H2,1-3H3;5-9,11-12H,4H2,1-3H3/t5-,6-,7+,8?,9+,18?;5?,6-,7+,8?,9+/m11/s1. The normalized spacial score (nSPS) is 48.8. The van der Waals surface area contributed by atoms with E-state index in [9.17, 15) is 9.32 Å². The molecule has 0 radical (unpaired) electrons. The van der Waals surface area contributed by atoms with Crippen LogP contribution in [0.25, 0.3) is 0 Å². The highest BCUT2D eigenvalue weighted by atomic mass is 32.2. The van der Waals surface area contributed by atoms with Gasteiger partial charge in [-0.15, -0.1) is 0 Å². The first kappa shape index (κ1) is 26.7. The lowest BCUT2D eigenvalue weighted by atomic mass is 9.99. The Morgan fingerprint density at radius 3 is 1.97 bits per heavy atom. The van der Waals surface area contributed by atoms with Crippen molar-refractivity contribution in [3.8, 4) is 0 Å². The largest absolute Gasteiger partial charge is 0.394 e. The highest BCUT2D eigenvalue weighted by Gasteiger charge is 2.58. The molecule has 5 rings (SSSR count). The number of aliphatic hydroxyl groups is 2. The maximum atomic E-state index is 11.3. The van der Waals surface area contributed by atoms with Crippen molar-refractivity contribution in [3.05, 3.63) is 0 Å². The van der Waals surface area contributed by atoms with Gasteiger partial charge in [-0.1, -0.05) is 0 Å². The first-order valence-electron chi connectivity index (χ1n) is 11.1. The Morgan fingerprint density at radius 1 is 0.853 bits per heavy atom. The number of aliphatic hydroxyl groups excluding tert-OH is 2. The SMILES string of the molecule is CO[C@H]1OC(CO)[C@@H](O)[C@@H]2OC(C)(C)OC12.CO[C@H]1O[C@@H]2COS(=O)O[C@H]2[C@@H]2OC(C)(C)OC12. The number of ether oxygens (including phenoxy) is 8. The number of rotatable bonds is 3. The van der Waals surface area contributed by atoms with Gasteiger partial charge in [-0.25, -0.2) is 0 Å². The molecule has 5 aliphatic heterocycles. The molecular formula is C20H34O13S. The second-order valence-corrected chi connectivity index (χ2v) is 10.2. The number of hydrogen-bond donors (Lipinski definition) is 2. The minimum atomic E-state index is -1.76. The smallest absolute Gasteiger partial charge is 0.305 e. The van der Waals surface area contributed by atoms with E-state index < -0.39 is 72.1 Å². The molecule has 0 saturated carbocycles. The van der Waals surface area contributed by atoms with E-state index in [4.69, 9.17) is 51.4 Å². The van der Waals surface area contributed by atoms with Crippen LogP contribution in [-0.4, -0.2) is 115 Å². The Kier molecular flexibility index (Phi) is 8.02. The van der Waals surface area contributed by atoms with E-state index in [1.165, 1.54) is 7.11 Å². The Labute approximate surface area is 200 Å². The van der Waals surface area contributed by atoms with E-state index in [0.717, 1.165) is 0 Å². The van der Waals surface area contributed by atoms with Crippen LogP contribution >= 0.6 is 0 Å². The number of fused-ring (bicyclic) bond motifs is 4. The molecule has 0 bridgehead atoms. The van der Waals surface area contributed by atoms with Gasteiger partial charge in [0.1, 0.15) is 48.8 Å². The Hall–Kier alpha value is -0.330. The fourth-order valence-corrected chi connectivity index (χ4v) is 5.39. The molecule has 0 aromatic carbocycles. The molecule has 0 amide bonds. The van der Waals surface area contributed by atoms with Gasteiger partial charge in [-0.2, -0.15) is 4.21 Å². The average molecular weight is 515 g/mol. The van der Waals surface area contributed by atoms with Crippen molar-refractivity contribution in [2.75, 3.05) is 27.4 Å². The van der Waals surface area contributed by atoms with E-state index in [0.29, 0.717) is 0 Å². The van der Waals surface area contributed by atoms with Gasteiger partial charge in [0.2, 0.25) is 0 Å². The molecule has 0 aliphatic carbocycles. The van der Waals surface area contributed by atoms with Crippen molar-refractivity contribution in [1.82, 2.24) is 0 Å². The molecule has 0 aromatic heterocycles. The van der Waals surface area contributed by atoms with E-state index in [-0.39, 0.29) is 25.4 Å². The summed E-state index contributed by atoms with van der Waals surface area (Å²) in [5.74, 6) is -1.52. The Balaban J connectivity index is 0.000000162. The molecule has 0 aromatic rings. The molecule has 5 saturated heterocycles. The van der Waals surface area contributed by atoms with Crippen molar-refractivity contribution in [1.29, 1.82) is 0 Å². The summed E-state index contributed by atoms with van der Waals surface area (Å²) in [5.41, 5.74) is 0. The minimum absolute atomic E-state index is 0.185. The molecule has 5 heterocycles. The van der Waals surface area contributed by atoms with Crippen molar-refractivity contribution >= 4 is 11.4 Å². The zero-order chi connectivity index (χ0) is 24.8. The van der Waals surface area contributed by atoms with Crippen molar-refractivity contribution in [2.45, 2.75) is 101 Å². The van der Waals surface area contributed by atoms with Crippen molar-refractivity contribution < 1.29 is 60.7 Å². The fourth-order valence-electron chi connectivity index (χ4n) is 4.68. The Morgan fingerprint density at radius 2 is 1.38 bits per heavy atom. The van der Waals surface area contributed by atoms with Crippen LogP contribution in [0.1, 0.15) is 27.7 Å². The molecule has 5 aliphatic rings. The molecule has 14 heteroatoms. The van der Waals surface area contributed by atoms with Crippen LogP contribution in [0, 0.1) is 0 Å². The van der Waals surface area contributed by atoms with Crippen LogP contribution in [0.2, 0.25) is 0 Å². The van der Waals surface area contributed by atoms with Gasteiger partial charge in [-0.3, -0.25) is 8.37 Å². The van der Waals surface area contributed by atoms with Crippen LogP contribution < -0.4 is 0 Å². The number of hydrogen-bond acceptors (Lipinski definition) is 13. The highest BCUT2D eigenvalue weighted by Crippen LogP contribution is 2.40. The zero-order valence-corrected chi connectivity index (χ0v) is 20.8. The third kappa shape index (κ3) is 5.34. The third-order valence-electron chi connectivity index (χ3n) is 6.05. The van der Waals surface area contributed by atoms with Gasteiger partial charge < -0.3 is 48.1 Å². The van der Waals surface area contributed by atoms with Crippen molar-refractivity contribution in [2.24, 2.45) is 0 Å². The predicted octanol–water partition coefficient (Wildman–Crippen LogP) is -0.897. The van der Waals surface area contributed by atoms with Crippen LogP contribution in [0.3, 0.4) is 0 Å². The van der Waals surface area contributed by atoms with Gasteiger partial charge >= 0.3 is 11.4 Å². The second-order valence-electron chi connectivity index (χ2n) is 9.41. The van der Waals surface area contributed by atoms with E-state index in [1.807, 2.05) is 13.8 Å². The van der Waals surface area contributed by atoms with Gasteiger partial charge in [0.25, 0.3) is 0 Å². The van der Waals surface area contributed by atoms with Gasteiger partial charge in [0.05, 0.1) is 13.2 Å². The molecule has 4 unspecified atom stereocenters. The lowest BCUT2D eigenvalue weighted by Crippen LogP contribution is -2.60. The highest BCUT2D eigenvalue weighted by molar-refractivity contribution is 7.75. The summed E-state index contributed by atoms with van der Waals surface area (Å²) in [6.45, 7) is 7.04. The molecule has 5 fully saturated rings. The van der Waals surface area contributed by atoms with E-state index in [1.54, 1.807) is 21.0 Å². The van der Waals surface area contributed by atoms with Crippen molar-refractivity contribution in [3.63, 3.8) is 0 Å². The summed E-state index contributed by atoms with van der Waals surface area (Å²) >= 11 is -1.76. The van der Waals surface area contributed by atoms with E-state index in [2.05, 4.69) is 0 Å². The van der Waals surface area contributed by atoms with Gasteiger partial charge in [0, 0.05) is 14.2 Å². The maximum Gasteiger partial charge on any atom is 0.305 e. The first-order valence-corrected chi connectivity index (χ1v) is 12.1. The summed E-state index contributed by atoms with van der Waals surface area (Å²) in [7, 11) is 3.03. The van der Waals surface area contributed by atoms with Gasteiger partial charge in [0.15, 0.2) is 24.2 Å². The molecular weight excluding hydrogens is 480 g/mol. The lowest BCUT2D eigenvalue weighted by molar-refractivity contribution is -0.272. The third-order valence-corrected chi connectivity index (χ3v) is 6.76. The lowest BCUT2D eigenvalue weighted by Gasteiger charge is -2.42. The number of methoxy groups -OCH3 is 2. The van der Waals surface area contributed by atoms with Crippen LogP contribution in [0.15, 0.2) is 0 Å². The predicted molar refractivity (Wildman–Crippen MR) is 111 cm³/mol. The summed E-state index contributed by atoms with van der Waals surface area (Å²) in [5, 5.41) is 19.0. The summed E-state index contributed by atoms with van der Waals surface area (Å²) in [6, 6.07) is 0. The first-order chi connectivity index (χ1) is 16.0. The zero-order valence-electron chi connectivity index (χ0n) is 20.0. The fraction of sp³-hybridized carbons (Fsp3) is 1.00. The molecule has 0 spiro atoms. The average Bonchev–Trinajstić information content (AvgIpc) is 3.29. The quantitative estimate of drug-likeness (QED) is 0.479. The molecule has 2 N–H and O–H groups in total. The summed E-state index contributed by atoms with van der Waals surface area (Å²) in [6.07, 6.45) is -5.43. The summed E-state index contributed by atoms with van der Waals surface area (Å²) < 4.78 is 65.7. The molecule has 34 heavy (non-hydrogen) atoms. The van der Waals surface area contributed by atoms with Gasteiger partial charge in [-0.05, 0) is 27.7 Å². The topological polar surface area (TPSA) is 150 Å². The Bertz CT molecular complexity index is 735.